The molecule has 2 N–H and O–H groups in total. The van der Waals surface area contributed by atoms with E-state index >= 15 is 0 Å². The number of nitrogens with two attached hydrogens (primary N) is 1. The molecule has 1 fully saturated rings. The molecule has 0 amide bonds. The van der Waals surface area contributed by atoms with Crippen LogP contribution in [0.2, 0.25) is 0 Å². The van der Waals surface area contributed by atoms with E-state index in [0.717, 1.165) is 19.4 Å². The summed E-state index contributed by atoms with van der Waals surface area (Å²) in [6, 6.07) is 0. The van der Waals surface area contributed by atoms with Crippen LogP contribution in [0, 0.1) is 0 Å². The van der Waals surface area contributed by atoms with Crippen molar-refractivity contribution >= 4 is 0 Å². The van der Waals surface area contributed by atoms with Gasteiger partial charge in [-0.2, -0.15) is 0 Å². The summed E-state index contributed by atoms with van der Waals surface area (Å²) in [6.45, 7) is 12.1. The Morgan fingerprint density at radius 2 is 1.53 bits per heavy atom. The molecule has 1 aliphatic heterocycles. The van der Waals surface area contributed by atoms with E-state index in [9.17, 15) is 0 Å². The molecular weight excluding hydrogens is 236 g/mol. The Kier molecular flexibility index (Phi) is 7.33. The van der Waals surface area contributed by atoms with Crippen LogP contribution in [0.4, 0.5) is 0 Å². The molecule has 2 atom stereocenters. The molecule has 2 unspecified atom stereocenters. The molecular formula is C16H34N2O. The number of unbranched alkanes of at least 4 members (excludes halogenated alkanes) is 2. The molecule has 3 heteroatoms. The van der Waals surface area contributed by atoms with Crippen LogP contribution in [0.5, 0.6) is 0 Å². The van der Waals surface area contributed by atoms with Gasteiger partial charge in [-0.3, -0.25) is 4.90 Å². The molecule has 0 radical (unpaired) electrons. The van der Waals surface area contributed by atoms with Gasteiger partial charge in [-0.1, -0.05) is 26.7 Å². The molecule has 1 saturated heterocycles. The maximum Gasteiger partial charge on any atom is 0.0568 e. The summed E-state index contributed by atoms with van der Waals surface area (Å²) in [7, 11) is 0. The van der Waals surface area contributed by atoms with Gasteiger partial charge in [0.1, 0.15) is 0 Å². The van der Waals surface area contributed by atoms with Crippen LogP contribution in [0.3, 0.4) is 0 Å². The fourth-order valence-corrected chi connectivity index (χ4v) is 3.48. The predicted octanol–water partition coefficient (Wildman–Crippen LogP) is 3.17. The van der Waals surface area contributed by atoms with Gasteiger partial charge in [-0.05, 0) is 52.6 Å². The molecule has 19 heavy (non-hydrogen) atoms. The molecule has 3 nitrogen and oxygen atoms in total. The van der Waals surface area contributed by atoms with Gasteiger partial charge < -0.3 is 10.5 Å². The van der Waals surface area contributed by atoms with E-state index in [1.165, 1.54) is 38.8 Å². The van der Waals surface area contributed by atoms with Crippen LogP contribution >= 0.6 is 0 Å². The zero-order valence-corrected chi connectivity index (χ0v) is 13.5. The third-order valence-electron chi connectivity index (χ3n) is 4.41. The van der Waals surface area contributed by atoms with Crippen molar-refractivity contribution in [2.75, 3.05) is 19.6 Å². The van der Waals surface area contributed by atoms with Crippen LogP contribution in [0.15, 0.2) is 0 Å². The Hall–Kier alpha value is -0.120. The van der Waals surface area contributed by atoms with Gasteiger partial charge in [-0.25, -0.2) is 0 Å². The number of hydrogen-bond donors (Lipinski definition) is 1. The van der Waals surface area contributed by atoms with Gasteiger partial charge in [0.2, 0.25) is 0 Å². The Morgan fingerprint density at radius 1 is 1.05 bits per heavy atom. The van der Waals surface area contributed by atoms with Gasteiger partial charge in [0.15, 0.2) is 0 Å². The second kappa shape index (κ2) is 8.23. The van der Waals surface area contributed by atoms with E-state index in [-0.39, 0.29) is 5.54 Å². The van der Waals surface area contributed by atoms with Crippen molar-refractivity contribution in [1.29, 1.82) is 0 Å². The zero-order valence-electron chi connectivity index (χ0n) is 13.5. The minimum atomic E-state index is 0.168. The van der Waals surface area contributed by atoms with Gasteiger partial charge in [0.25, 0.3) is 0 Å². The summed E-state index contributed by atoms with van der Waals surface area (Å²) in [6.07, 6.45) is 7.89. The minimum absolute atomic E-state index is 0.168. The van der Waals surface area contributed by atoms with Crippen LogP contribution in [0.1, 0.15) is 66.2 Å². The Morgan fingerprint density at radius 3 is 1.89 bits per heavy atom. The molecule has 0 aromatic carbocycles. The first-order valence-corrected chi connectivity index (χ1v) is 8.18. The van der Waals surface area contributed by atoms with Crippen molar-refractivity contribution in [1.82, 2.24) is 4.90 Å². The summed E-state index contributed by atoms with van der Waals surface area (Å²) in [5, 5.41) is 0. The third kappa shape index (κ3) is 4.73. The molecule has 0 aromatic rings. The van der Waals surface area contributed by atoms with Crippen LogP contribution in [-0.4, -0.2) is 42.3 Å². The smallest absolute Gasteiger partial charge is 0.0568 e. The molecule has 1 aliphatic rings. The van der Waals surface area contributed by atoms with E-state index in [4.69, 9.17) is 10.5 Å². The third-order valence-corrected chi connectivity index (χ3v) is 4.41. The van der Waals surface area contributed by atoms with E-state index in [0.29, 0.717) is 12.2 Å². The van der Waals surface area contributed by atoms with Crippen molar-refractivity contribution in [3.05, 3.63) is 0 Å². The highest BCUT2D eigenvalue weighted by Gasteiger charge is 2.41. The molecule has 0 saturated carbocycles. The fourth-order valence-electron chi connectivity index (χ4n) is 3.48. The molecule has 0 spiro atoms. The number of ether oxygens (including phenoxy) is 1. The summed E-state index contributed by atoms with van der Waals surface area (Å²) in [4.78, 5) is 2.68. The average Bonchev–Trinajstić information content (AvgIpc) is 2.37. The summed E-state index contributed by atoms with van der Waals surface area (Å²) in [5.41, 5.74) is 6.38. The number of nitrogens with zero attached hydrogens (tertiary/aromatic N) is 1. The highest BCUT2D eigenvalue weighted by Crippen LogP contribution is 2.34. The summed E-state index contributed by atoms with van der Waals surface area (Å²) in [5.74, 6) is 0. The molecule has 0 aromatic heterocycles. The first-order valence-electron chi connectivity index (χ1n) is 8.18. The lowest BCUT2D eigenvalue weighted by molar-refractivity contribution is -0.104. The van der Waals surface area contributed by atoms with Crippen molar-refractivity contribution in [2.24, 2.45) is 5.73 Å². The second-order valence-electron chi connectivity index (χ2n) is 6.29. The molecule has 1 heterocycles. The Balaban J connectivity index is 2.78. The van der Waals surface area contributed by atoms with Crippen molar-refractivity contribution in [2.45, 2.75) is 84.0 Å². The lowest BCUT2D eigenvalue weighted by Gasteiger charge is -2.49. The van der Waals surface area contributed by atoms with E-state index in [1.807, 2.05) is 0 Å². The average molecular weight is 270 g/mol. The highest BCUT2D eigenvalue weighted by atomic mass is 16.5. The second-order valence-corrected chi connectivity index (χ2v) is 6.29. The summed E-state index contributed by atoms with van der Waals surface area (Å²) >= 11 is 0. The van der Waals surface area contributed by atoms with Crippen LogP contribution in [-0.2, 0) is 4.74 Å². The maximum atomic E-state index is 6.21. The minimum Gasteiger partial charge on any atom is -0.375 e. The zero-order chi connectivity index (χ0) is 14.3. The summed E-state index contributed by atoms with van der Waals surface area (Å²) < 4.78 is 5.92. The van der Waals surface area contributed by atoms with Gasteiger partial charge in [0.05, 0.1) is 12.2 Å². The first kappa shape index (κ1) is 16.9. The molecule has 1 rings (SSSR count). The fraction of sp³-hybridized carbons (Fsp3) is 1.00. The van der Waals surface area contributed by atoms with E-state index in [2.05, 4.69) is 32.6 Å². The van der Waals surface area contributed by atoms with Crippen molar-refractivity contribution in [3.8, 4) is 0 Å². The lowest BCUT2D eigenvalue weighted by atomic mass is 9.82. The SMILES string of the molecule is CCCCN(CCCC)C1(CN)CC(C)OC(C)C1. The van der Waals surface area contributed by atoms with Gasteiger partial charge >= 0.3 is 0 Å². The highest BCUT2D eigenvalue weighted by molar-refractivity contribution is 4.97. The van der Waals surface area contributed by atoms with Crippen LogP contribution in [0.25, 0.3) is 0 Å². The normalized spacial score (nSPS) is 31.9. The maximum absolute atomic E-state index is 6.21. The van der Waals surface area contributed by atoms with Crippen molar-refractivity contribution in [3.63, 3.8) is 0 Å². The Labute approximate surface area is 119 Å². The van der Waals surface area contributed by atoms with Crippen molar-refractivity contribution < 1.29 is 4.74 Å². The first-order chi connectivity index (χ1) is 9.07. The monoisotopic (exact) mass is 270 g/mol. The largest absolute Gasteiger partial charge is 0.375 e. The molecule has 0 aliphatic carbocycles. The quantitative estimate of drug-likeness (QED) is 0.736. The lowest BCUT2D eigenvalue weighted by Crippen LogP contribution is -2.60. The van der Waals surface area contributed by atoms with Gasteiger partial charge in [-0.15, -0.1) is 0 Å². The number of rotatable bonds is 8. The number of hydrogen-bond acceptors (Lipinski definition) is 3. The predicted molar refractivity (Wildman–Crippen MR) is 82.4 cm³/mol. The standard InChI is InChI=1S/C16H34N2O/c1-5-7-9-18(10-8-6-2)16(13-17)11-14(3)19-15(4)12-16/h14-15H,5-13,17H2,1-4H3. The van der Waals surface area contributed by atoms with Gasteiger partial charge in [0, 0.05) is 12.1 Å². The molecule has 0 bridgehead atoms. The molecule has 114 valence electrons. The topological polar surface area (TPSA) is 38.5 Å². The Bertz CT molecular complexity index is 227. The van der Waals surface area contributed by atoms with E-state index < -0.39 is 0 Å². The van der Waals surface area contributed by atoms with Crippen LogP contribution < -0.4 is 5.73 Å². The van der Waals surface area contributed by atoms with E-state index in [1.54, 1.807) is 0 Å².